The molecule has 0 radical (unpaired) electrons. The summed E-state index contributed by atoms with van der Waals surface area (Å²) in [6, 6.07) is 0. The third-order valence-corrected chi connectivity index (χ3v) is 2.16. The number of rotatable bonds is 7. The van der Waals surface area contributed by atoms with E-state index in [2.05, 4.69) is 56.3 Å². The van der Waals surface area contributed by atoms with Gasteiger partial charge in [0.1, 0.15) is 0 Å². The number of hydrogen-bond donors (Lipinski definition) is 4. The summed E-state index contributed by atoms with van der Waals surface area (Å²) in [7, 11) is 0. The number of nitrogens with two attached hydrogens (primary N) is 1. The second-order valence-corrected chi connectivity index (χ2v) is 4.79. The van der Waals surface area contributed by atoms with E-state index in [4.69, 9.17) is 10.2 Å². The molecule has 0 atom stereocenters. The van der Waals surface area contributed by atoms with Crippen molar-refractivity contribution in [3.63, 3.8) is 0 Å². The zero-order valence-electron chi connectivity index (χ0n) is 12.4. The molecule has 0 heterocycles. The van der Waals surface area contributed by atoms with Crippen molar-refractivity contribution in [3.05, 3.63) is 0 Å². The molecule has 0 saturated heterocycles. The average Bonchev–Trinajstić information content (AvgIpc) is 2.29. The Labute approximate surface area is 128 Å². The van der Waals surface area contributed by atoms with Crippen LogP contribution in [0.25, 0.3) is 0 Å². The van der Waals surface area contributed by atoms with Crippen LogP contribution in [0, 0.1) is 0 Å². The van der Waals surface area contributed by atoms with E-state index in [1.54, 1.807) is 0 Å². The average molecular weight is 311 g/mol. The van der Waals surface area contributed by atoms with E-state index in [1.165, 1.54) is 38.5 Å². The van der Waals surface area contributed by atoms with Crippen molar-refractivity contribution in [2.24, 2.45) is 5.73 Å². The van der Waals surface area contributed by atoms with Crippen LogP contribution in [-0.4, -0.2) is 27.1 Å². The molecule has 116 valence electrons. The first-order valence-electron chi connectivity index (χ1n) is 6.87. The summed E-state index contributed by atoms with van der Waals surface area (Å²) in [5.41, 5.74) is 4.40. The molecule has 0 aliphatic heterocycles. The minimum atomic E-state index is -0.500. The van der Waals surface area contributed by atoms with Crippen LogP contribution in [0.15, 0.2) is 0 Å². The monoisotopic (exact) mass is 310 g/mol. The minimum absolute atomic E-state index is 0.0866. The van der Waals surface area contributed by atoms with Gasteiger partial charge >= 0.3 is 0 Å². The fraction of sp³-hybridized carbons (Fsp3) is 0.846. The van der Waals surface area contributed by atoms with Crippen molar-refractivity contribution >= 4 is 34.8 Å². The van der Waals surface area contributed by atoms with Crippen molar-refractivity contribution in [3.8, 4) is 0 Å². The molecule has 5 N–H and O–H groups in total. The van der Waals surface area contributed by atoms with E-state index in [9.17, 15) is 0 Å². The van der Waals surface area contributed by atoms with Gasteiger partial charge in [-0.05, 0) is 30.9 Å². The Morgan fingerprint density at radius 1 is 0.895 bits per heavy atom. The summed E-state index contributed by atoms with van der Waals surface area (Å²) in [5.74, 6) is 0. The Morgan fingerprint density at radius 2 is 1.32 bits per heavy atom. The van der Waals surface area contributed by atoms with Crippen LogP contribution in [0.2, 0.25) is 0 Å². The number of aliphatic hydroxyl groups is 2. The highest BCUT2D eigenvalue weighted by Crippen LogP contribution is 1.96. The molecule has 6 heteroatoms. The SMILES string of the molecule is CCCCC.CCCCCCNC(O)=S.NC(O)=S. The summed E-state index contributed by atoms with van der Waals surface area (Å²) in [5, 5.41) is 18.2. The molecule has 4 nitrogen and oxygen atoms in total. The Hall–Kier alpha value is -0.620. The Bertz CT molecular complexity index is 197. The topological polar surface area (TPSA) is 78.5 Å². The summed E-state index contributed by atoms with van der Waals surface area (Å²) in [6.45, 7) is 7.40. The number of unbranched alkanes of at least 4 members (excludes halogenated alkanes) is 5. The van der Waals surface area contributed by atoms with Crippen LogP contribution < -0.4 is 11.1 Å². The summed E-state index contributed by atoms with van der Waals surface area (Å²) in [6.07, 6.45) is 8.89. The van der Waals surface area contributed by atoms with Gasteiger partial charge in [0, 0.05) is 6.54 Å². The fourth-order valence-electron chi connectivity index (χ4n) is 1.10. The maximum absolute atomic E-state index is 8.53. The molecule has 0 amide bonds. The van der Waals surface area contributed by atoms with Gasteiger partial charge in [-0.3, -0.25) is 0 Å². The Morgan fingerprint density at radius 3 is 1.58 bits per heavy atom. The second-order valence-electron chi connectivity index (χ2n) is 3.98. The predicted molar refractivity (Wildman–Crippen MR) is 92.0 cm³/mol. The lowest BCUT2D eigenvalue weighted by molar-refractivity contribution is 0.523. The maximum atomic E-state index is 8.53. The van der Waals surface area contributed by atoms with E-state index in [-0.39, 0.29) is 5.17 Å². The van der Waals surface area contributed by atoms with E-state index >= 15 is 0 Å². The predicted octanol–water partition coefficient (Wildman–Crippen LogP) is 3.98. The molecule has 0 saturated carbocycles. The van der Waals surface area contributed by atoms with Gasteiger partial charge in [-0.2, -0.15) is 0 Å². The third-order valence-electron chi connectivity index (χ3n) is 2.01. The molecule has 0 aliphatic carbocycles. The van der Waals surface area contributed by atoms with Gasteiger partial charge in [-0.25, -0.2) is 0 Å². The van der Waals surface area contributed by atoms with Crippen molar-refractivity contribution in [1.82, 2.24) is 5.32 Å². The molecule has 0 aromatic heterocycles. The van der Waals surface area contributed by atoms with Crippen LogP contribution in [0.5, 0.6) is 0 Å². The first-order chi connectivity index (χ1) is 8.92. The molecular weight excluding hydrogens is 280 g/mol. The summed E-state index contributed by atoms with van der Waals surface area (Å²) in [4.78, 5) is 0. The number of nitrogens with one attached hydrogen (secondary N) is 1. The van der Waals surface area contributed by atoms with E-state index < -0.39 is 5.17 Å². The van der Waals surface area contributed by atoms with Gasteiger partial charge in [0.05, 0.1) is 0 Å². The van der Waals surface area contributed by atoms with Gasteiger partial charge < -0.3 is 21.3 Å². The lowest BCUT2D eigenvalue weighted by Gasteiger charge is -2.00. The van der Waals surface area contributed by atoms with Crippen molar-refractivity contribution in [1.29, 1.82) is 0 Å². The third kappa shape index (κ3) is 58.5. The van der Waals surface area contributed by atoms with Gasteiger partial charge in [-0.1, -0.05) is 59.3 Å². The Balaban J connectivity index is -0.000000238. The molecule has 0 spiro atoms. The van der Waals surface area contributed by atoms with Crippen LogP contribution in [0.4, 0.5) is 0 Å². The minimum Gasteiger partial charge on any atom is -0.487 e. The lowest BCUT2D eigenvalue weighted by atomic mass is 10.2. The van der Waals surface area contributed by atoms with Crippen LogP contribution in [-0.2, 0) is 0 Å². The number of thiocarbonyl (C=S) groups is 2. The van der Waals surface area contributed by atoms with Crippen molar-refractivity contribution in [2.45, 2.75) is 65.7 Å². The molecule has 0 aromatic carbocycles. The van der Waals surface area contributed by atoms with E-state index in [0.717, 1.165) is 13.0 Å². The molecular formula is C13H30N2O2S2. The lowest BCUT2D eigenvalue weighted by Crippen LogP contribution is -2.21. The maximum Gasteiger partial charge on any atom is 0.254 e. The van der Waals surface area contributed by atoms with Gasteiger partial charge in [0.2, 0.25) is 0 Å². The second kappa shape index (κ2) is 22.6. The smallest absolute Gasteiger partial charge is 0.254 e. The molecule has 0 bridgehead atoms. The van der Waals surface area contributed by atoms with E-state index in [1.807, 2.05) is 0 Å². The molecule has 0 aliphatic rings. The molecule has 0 rings (SSSR count). The van der Waals surface area contributed by atoms with Gasteiger partial charge in [-0.15, -0.1) is 0 Å². The summed E-state index contributed by atoms with van der Waals surface area (Å²) >= 11 is 8.29. The van der Waals surface area contributed by atoms with Crippen LogP contribution in [0.1, 0.15) is 65.7 Å². The van der Waals surface area contributed by atoms with Crippen LogP contribution in [0.3, 0.4) is 0 Å². The van der Waals surface area contributed by atoms with Crippen LogP contribution >= 0.6 is 24.4 Å². The zero-order chi connectivity index (χ0) is 15.5. The molecule has 0 aromatic rings. The quantitative estimate of drug-likeness (QED) is 0.421. The highest BCUT2D eigenvalue weighted by atomic mass is 32.1. The van der Waals surface area contributed by atoms with Crippen molar-refractivity contribution in [2.75, 3.05) is 6.54 Å². The Kier molecular flexibility index (Phi) is 27.9. The van der Waals surface area contributed by atoms with E-state index in [0.29, 0.717) is 0 Å². The zero-order valence-corrected chi connectivity index (χ0v) is 14.1. The summed E-state index contributed by atoms with van der Waals surface area (Å²) < 4.78 is 0. The molecule has 19 heavy (non-hydrogen) atoms. The highest BCUT2D eigenvalue weighted by molar-refractivity contribution is 7.80. The highest BCUT2D eigenvalue weighted by Gasteiger charge is 1.88. The van der Waals surface area contributed by atoms with Gasteiger partial charge in [0.15, 0.2) is 0 Å². The standard InChI is InChI=1S/C7H15NOS.C5H12.CH3NOS/c1-2-3-4-5-6-8-7(9)10;1-3-5-4-2;2-1(3)4/h2-6H2,1H3,(H2,8,9,10);3-5H2,1-2H3;(H3,2,3,4). The fourth-order valence-corrected chi connectivity index (χ4v) is 1.20. The first kappa shape index (κ1) is 23.5. The van der Waals surface area contributed by atoms with Gasteiger partial charge in [0.25, 0.3) is 10.3 Å². The first-order valence-corrected chi connectivity index (χ1v) is 7.69. The van der Waals surface area contributed by atoms with Crippen molar-refractivity contribution < 1.29 is 10.2 Å². The molecule has 0 fully saturated rings. The largest absolute Gasteiger partial charge is 0.487 e. The number of aliphatic hydroxyl groups excluding tert-OH is 2. The normalized spacial score (nSPS) is 8.37. The number of hydrogen-bond acceptors (Lipinski definition) is 2. The molecule has 0 unspecified atom stereocenters.